The van der Waals surface area contributed by atoms with E-state index in [0.717, 1.165) is 0 Å². The smallest absolute Gasteiger partial charge is 0.321 e. The molecule has 0 saturated heterocycles. The second kappa shape index (κ2) is 6.65. The normalized spacial score (nSPS) is 13.0. The molecule has 0 aliphatic heterocycles. The highest BCUT2D eigenvalue weighted by molar-refractivity contribution is 7.89. The summed E-state index contributed by atoms with van der Waals surface area (Å²) in [5.74, 6) is -0.616. The zero-order valence-corrected chi connectivity index (χ0v) is 11.7. The van der Waals surface area contributed by atoms with Crippen LogP contribution in [0.25, 0.3) is 0 Å². The third-order valence-corrected chi connectivity index (χ3v) is 3.80. The molecule has 0 fully saturated rings. The Morgan fingerprint density at radius 3 is 2.74 bits per heavy atom. The first kappa shape index (κ1) is 15.6. The van der Waals surface area contributed by atoms with Crippen molar-refractivity contribution in [3.8, 4) is 0 Å². The van der Waals surface area contributed by atoms with Gasteiger partial charge in [0.2, 0.25) is 10.0 Å². The molecule has 1 aromatic carbocycles. The molecular formula is C12H18N2O4S. The molecule has 6 nitrogen and oxygen atoms in total. The second-order valence-electron chi connectivity index (χ2n) is 3.99. The second-order valence-corrected chi connectivity index (χ2v) is 5.76. The third-order valence-electron chi connectivity index (χ3n) is 2.41. The monoisotopic (exact) mass is 286 g/mol. The van der Waals surface area contributed by atoms with E-state index < -0.39 is 22.5 Å². The van der Waals surface area contributed by atoms with Crippen molar-refractivity contribution < 1.29 is 17.9 Å². The van der Waals surface area contributed by atoms with Crippen molar-refractivity contribution in [2.45, 2.75) is 24.8 Å². The molecule has 106 valence electrons. The van der Waals surface area contributed by atoms with Gasteiger partial charge in [0.05, 0.1) is 11.5 Å². The van der Waals surface area contributed by atoms with Gasteiger partial charge < -0.3 is 10.5 Å². The number of nitrogens with one attached hydrogen (secondary N) is 1. The molecular weight excluding hydrogens is 268 g/mol. The first-order valence-corrected chi connectivity index (χ1v) is 7.36. The molecule has 0 amide bonds. The lowest BCUT2D eigenvalue weighted by Gasteiger charge is -2.09. The average Bonchev–Trinajstić information content (AvgIpc) is 2.37. The highest BCUT2D eigenvalue weighted by Crippen LogP contribution is 2.15. The summed E-state index contributed by atoms with van der Waals surface area (Å²) in [5.41, 5.74) is 6.41. The van der Waals surface area contributed by atoms with Crippen LogP contribution >= 0.6 is 0 Å². The number of carbonyl (C=O) groups excluding carboxylic acids is 1. The number of hydrogen-bond donors (Lipinski definition) is 2. The Morgan fingerprint density at radius 2 is 2.16 bits per heavy atom. The Bertz CT molecular complexity index is 540. The molecule has 1 rings (SSSR count). The molecule has 0 spiro atoms. The molecule has 1 atom stereocenters. The maximum absolute atomic E-state index is 12.0. The SMILES string of the molecule is CCOC(=O)CNS(=O)(=O)c1cccc(C(C)N)c1. The van der Waals surface area contributed by atoms with Gasteiger partial charge in [-0.1, -0.05) is 12.1 Å². The highest BCUT2D eigenvalue weighted by atomic mass is 32.2. The van der Waals surface area contributed by atoms with E-state index in [4.69, 9.17) is 5.73 Å². The third kappa shape index (κ3) is 4.62. The summed E-state index contributed by atoms with van der Waals surface area (Å²) >= 11 is 0. The van der Waals surface area contributed by atoms with E-state index in [2.05, 4.69) is 9.46 Å². The summed E-state index contributed by atoms with van der Waals surface area (Å²) < 4.78 is 30.7. The van der Waals surface area contributed by atoms with Crippen molar-refractivity contribution in [3.63, 3.8) is 0 Å². The Labute approximate surface area is 113 Å². The highest BCUT2D eigenvalue weighted by Gasteiger charge is 2.16. The van der Waals surface area contributed by atoms with E-state index in [9.17, 15) is 13.2 Å². The average molecular weight is 286 g/mol. The first-order valence-electron chi connectivity index (χ1n) is 5.87. The molecule has 3 N–H and O–H groups in total. The Hall–Kier alpha value is -1.44. The number of benzene rings is 1. The molecule has 19 heavy (non-hydrogen) atoms. The van der Waals surface area contributed by atoms with Crippen molar-refractivity contribution in [1.82, 2.24) is 4.72 Å². The van der Waals surface area contributed by atoms with Gasteiger partial charge in [0.1, 0.15) is 6.54 Å². The number of sulfonamides is 1. The number of rotatable bonds is 6. The summed E-state index contributed by atoms with van der Waals surface area (Å²) in [6, 6.07) is 6.02. The van der Waals surface area contributed by atoms with Gasteiger partial charge in [-0.3, -0.25) is 4.79 Å². The van der Waals surface area contributed by atoms with E-state index in [1.807, 2.05) is 0 Å². The predicted octanol–water partition coefficient (Wildman–Crippen LogP) is 0.548. The number of ether oxygens (including phenoxy) is 1. The van der Waals surface area contributed by atoms with Crippen molar-refractivity contribution in [2.75, 3.05) is 13.2 Å². The molecule has 0 saturated carbocycles. The fourth-order valence-electron chi connectivity index (χ4n) is 1.41. The molecule has 0 aliphatic carbocycles. The number of hydrogen-bond acceptors (Lipinski definition) is 5. The Kier molecular flexibility index (Phi) is 5.46. The maximum atomic E-state index is 12.0. The minimum absolute atomic E-state index is 0.0756. The van der Waals surface area contributed by atoms with Gasteiger partial charge in [-0.2, -0.15) is 4.72 Å². The maximum Gasteiger partial charge on any atom is 0.321 e. The molecule has 0 radical (unpaired) electrons. The first-order chi connectivity index (χ1) is 8.86. The summed E-state index contributed by atoms with van der Waals surface area (Å²) in [5, 5.41) is 0. The Balaban J connectivity index is 2.83. The van der Waals surface area contributed by atoms with Crippen LogP contribution in [-0.4, -0.2) is 27.5 Å². The quantitative estimate of drug-likeness (QED) is 0.744. The van der Waals surface area contributed by atoms with Crippen LogP contribution in [-0.2, 0) is 19.6 Å². The largest absolute Gasteiger partial charge is 0.465 e. The van der Waals surface area contributed by atoms with E-state index in [1.165, 1.54) is 12.1 Å². The fourth-order valence-corrected chi connectivity index (χ4v) is 2.44. The standard InChI is InChI=1S/C12H18N2O4S/c1-3-18-12(15)8-14-19(16,17)11-6-4-5-10(7-11)9(2)13/h4-7,9,14H,3,8,13H2,1-2H3. The van der Waals surface area contributed by atoms with Crippen molar-refractivity contribution in [3.05, 3.63) is 29.8 Å². The van der Waals surface area contributed by atoms with E-state index in [-0.39, 0.29) is 17.5 Å². The van der Waals surface area contributed by atoms with E-state index in [0.29, 0.717) is 5.56 Å². The van der Waals surface area contributed by atoms with Crippen LogP contribution in [0.3, 0.4) is 0 Å². The molecule has 1 unspecified atom stereocenters. The van der Waals surface area contributed by atoms with Gasteiger partial charge in [-0.25, -0.2) is 8.42 Å². The van der Waals surface area contributed by atoms with E-state index >= 15 is 0 Å². The van der Waals surface area contributed by atoms with Crippen molar-refractivity contribution in [2.24, 2.45) is 5.73 Å². The van der Waals surface area contributed by atoms with Crippen LogP contribution in [0.4, 0.5) is 0 Å². The van der Waals surface area contributed by atoms with Crippen LogP contribution < -0.4 is 10.5 Å². The zero-order chi connectivity index (χ0) is 14.5. The van der Waals surface area contributed by atoms with Gasteiger partial charge in [0, 0.05) is 6.04 Å². The van der Waals surface area contributed by atoms with Crippen LogP contribution in [0.15, 0.2) is 29.2 Å². The molecule has 0 bridgehead atoms. The lowest BCUT2D eigenvalue weighted by molar-refractivity contribution is -0.141. The van der Waals surface area contributed by atoms with Gasteiger partial charge in [-0.15, -0.1) is 0 Å². The minimum Gasteiger partial charge on any atom is -0.465 e. The summed E-state index contributed by atoms with van der Waals surface area (Å²) in [6.45, 7) is 3.23. The lowest BCUT2D eigenvalue weighted by Crippen LogP contribution is -2.30. The van der Waals surface area contributed by atoms with E-state index in [1.54, 1.807) is 26.0 Å². The van der Waals surface area contributed by atoms with Crippen LogP contribution in [0.2, 0.25) is 0 Å². The molecule has 7 heteroatoms. The zero-order valence-electron chi connectivity index (χ0n) is 10.9. The summed E-state index contributed by atoms with van der Waals surface area (Å²) in [7, 11) is -3.74. The van der Waals surface area contributed by atoms with Crippen molar-refractivity contribution in [1.29, 1.82) is 0 Å². The minimum atomic E-state index is -3.74. The van der Waals surface area contributed by atoms with Gasteiger partial charge in [0.25, 0.3) is 0 Å². The number of carbonyl (C=O) groups is 1. The molecule has 0 aliphatic rings. The molecule has 0 aromatic heterocycles. The van der Waals surface area contributed by atoms with Gasteiger partial charge in [-0.05, 0) is 31.5 Å². The lowest BCUT2D eigenvalue weighted by atomic mass is 10.1. The topological polar surface area (TPSA) is 98.5 Å². The van der Waals surface area contributed by atoms with Crippen molar-refractivity contribution >= 4 is 16.0 Å². The predicted molar refractivity (Wildman–Crippen MR) is 70.9 cm³/mol. The number of esters is 1. The van der Waals surface area contributed by atoms with Gasteiger partial charge >= 0.3 is 5.97 Å². The molecule has 0 heterocycles. The van der Waals surface area contributed by atoms with Gasteiger partial charge in [0.15, 0.2) is 0 Å². The Morgan fingerprint density at radius 1 is 1.47 bits per heavy atom. The molecule has 1 aromatic rings. The number of nitrogens with two attached hydrogens (primary N) is 1. The van der Waals surface area contributed by atoms with Crippen LogP contribution in [0.5, 0.6) is 0 Å². The van der Waals surface area contributed by atoms with Crippen LogP contribution in [0, 0.1) is 0 Å². The summed E-state index contributed by atoms with van der Waals surface area (Å²) in [6.07, 6.45) is 0. The fraction of sp³-hybridized carbons (Fsp3) is 0.417. The van der Waals surface area contributed by atoms with Crippen LogP contribution in [0.1, 0.15) is 25.5 Å². The summed E-state index contributed by atoms with van der Waals surface area (Å²) in [4.78, 5) is 11.2.